The van der Waals surface area contributed by atoms with Gasteiger partial charge in [-0.15, -0.1) is 0 Å². The van der Waals surface area contributed by atoms with Crippen molar-refractivity contribution in [3.8, 4) is 0 Å². The van der Waals surface area contributed by atoms with Crippen LogP contribution < -0.4 is 0 Å². The number of carbonyl (C=O) groups excluding carboxylic acids is 1. The van der Waals surface area contributed by atoms with Crippen molar-refractivity contribution in [1.29, 1.82) is 0 Å². The Bertz CT molecular complexity index is 1030. The first-order valence-electron chi connectivity index (χ1n) is 18.3. The molecule has 1 aromatic carbocycles. The molecule has 0 aliphatic rings. The minimum absolute atomic E-state index is 0.0633. The Morgan fingerprint density at radius 1 is 0.462 bits per heavy atom. The number of ether oxygens (including phenoxy) is 11. The molecule has 0 aliphatic heterocycles. The van der Waals surface area contributed by atoms with Crippen LogP contribution in [0.15, 0.2) is 29.2 Å². The Morgan fingerprint density at radius 3 is 1.13 bits per heavy atom. The maximum absolute atomic E-state index is 12.1. The van der Waals surface area contributed by atoms with E-state index in [-0.39, 0.29) is 30.7 Å². The lowest BCUT2D eigenvalue weighted by molar-refractivity contribution is -0.145. The molecule has 0 unspecified atom stereocenters. The van der Waals surface area contributed by atoms with E-state index in [0.717, 1.165) is 31.2 Å². The molecule has 0 bridgehead atoms. The van der Waals surface area contributed by atoms with Gasteiger partial charge in [-0.05, 0) is 25.5 Å². The molecule has 0 aliphatic carbocycles. The lowest BCUT2D eigenvalue weighted by atomic mass is 10.2. The van der Waals surface area contributed by atoms with E-state index in [9.17, 15) is 13.2 Å². The van der Waals surface area contributed by atoms with Crippen molar-refractivity contribution in [2.75, 3.05) is 145 Å². The van der Waals surface area contributed by atoms with Gasteiger partial charge in [0.1, 0.15) is 6.61 Å². The van der Waals surface area contributed by atoms with Crippen LogP contribution in [0.4, 0.5) is 0 Å². The van der Waals surface area contributed by atoms with Crippen molar-refractivity contribution < 1.29 is 69.5 Å². The molecule has 0 saturated heterocycles. The molecule has 0 aromatic heterocycles. The highest BCUT2D eigenvalue weighted by Gasteiger charge is 2.14. The first-order chi connectivity index (χ1) is 25.5. The van der Waals surface area contributed by atoms with Gasteiger partial charge in [-0.3, -0.25) is 8.98 Å². The smallest absolute Gasteiger partial charge is 0.305 e. The fraction of sp³-hybridized carbons (Fsp3) is 0.806. The molecule has 0 atom stereocenters. The van der Waals surface area contributed by atoms with Crippen LogP contribution in [0.25, 0.3) is 0 Å². The first kappa shape index (κ1) is 48.2. The molecule has 0 saturated carbocycles. The first-order valence-corrected chi connectivity index (χ1v) is 19.8. The molecule has 16 heteroatoms. The Labute approximate surface area is 311 Å². The molecule has 0 fully saturated rings. The molecular formula is C36H64O15S. The highest BCUT2D eigenvalue weighted by molar-refractivity contribution is 7.86. The summed E-state index contributed by atoms with van der Waals surface area (Å²) >= 11 is 0. The van der Waals surface area contributed by atoms with Crippen molar-refractivity contribution in [2.24, 2.45) is 0 Å². The number of rotatable bonds is 40. The third-order valence-corrected chi connectivity index (χ3v) is 8.18. The number of hydrogen-bond acceptors (Lipinski definition) is 15. The summed E-state index contributed by atoms with van der Waals surface area (Å²) < 4.78 is 88.7. The van der Waals surface area contributed by atoms with E-state index in [1.54, 1.807) is 12.1 Å². The second-order valence-corrected chi connectivity index (χ2v) is 12.9. The maximum atomic E-state index is 12.1. The molecule has 1 aromatic rings. The SMILES string of the molecule is CCCCCCC(=O)OCCOCCOCCOCCOCCOCCOCCOCCOCCOCCOCCOS(=O)(=O)c1ccc(C)cc1. The Morgan fingerprint density at radius 2 is 0.788 bits per heavy atom. The van der Waals surface area contributed by atoms with Crippen molar-refractivity contribution in [1.82, 2.24) is 0 Å². The zero-order valence-electron chi connectivity index (χ0n) is 31.4. The minimum Gasteiger partial charge on any atom is -0.463 e. The van der Waals surface area contributed by atoms with Gasteiger partial charge in [0.25, 0.3) is 10.1 Å². The number of carbonyl (C=O) groups is 1. The average Bonchev–Trinajstić information content (AvgIpc) is 3.13. The number of aryl methyl sites for hydroxylation is 1. The molecule has 0 heterocycles. The van der Waals surface area contributed by atoms with Crippen LogP contribution in [0, 0.1) is 6.92 Å². The topological polar surface area (TPSA) is 162 Å². The lowest BCUT2D eigenvalue weighted by Crippen LogP contribution is -2.16. The highest BCUT2D eigenvalue weighted by atomic mass is 32.2. The van der Waals surface area contributed by atoms with E-state index in [4.69, 9.17) is 56.3 Å². The summed E-state index contributed by atoms with van der Waals surface area (Å²) in [5, 5.41) is 0. The molecule has 304 valence electrons. The Kier molecular flexibility index (Phi) is 33.6. The van der Waals surface area contributed by atoms with Gasteiger partial charge in [-0.2, -0.15) is 8.42 Å². The third-order valence-electron chi connectivity index (χ3n) is 6.85. The van der Waals surface area contributed by atoms with E-state index < -0.39 is 10.1 Å². The van der Waals surface area contributed by atoms with E-state index in [0.29, 0.717) is 132 Å². The highest BCUT2D eigenvalue weighted by Crippen LogP contribution is 2.13. The fourth-order valence-electron chi connectivity index (χ4n) is 4.04. The van der Waals surface area contributed by atoms with Crippen LogP contribution in [0.1, 0.15) is 44.6 Å². The predicted molar refractivity (Wildman–Crippen MR) is 192 cm³/mol. The van der Waals surface area contributed by atoms with E-state index in [1.807, 2.05) is 6.92 Å². The van der Waals surface area contributed by atoms with Gasteiger partial charge in [0.15, 0.2) is 0 Å². The molecule has 0 radical (unpaired) electrons. The molecule has 0 spiro atoms. The van der Waals surface area contributed by atoms with Gasteiger partial charge in [-0.25, -0.2) is 0 Å². The Balaban J connectivity index is 1.67. The van der Waals surface area contributed by atoms with Crippen molar-refractivity contribution >= 4 is 16.1 Å². The average molecular weight is 769 g/mol. The number of benzene rings is 1. The van der Waals surface area contributed by atoms with Crippen LogP contribution in [-0.4, -0.2) is 160 Å². The minimum atomic E-state index is -3.78. The summed E-state index contributed by atoms with van der Waals surface area (Å²) in [6.45, 7) is 12.8. The van der Waals surface area contributed by atoms with Crippen molar-refractivity contribution in [3.63, 3.8) is 0 Å². The van der Waals surface area contributed by atoms with Crippen LogP contribution in [-0.2, 0) is 71.2 Å². The number of hydrogen-bond donors (Lipinski definition) is 0. The molecular weight excluding hydrogens is 704 g/mol. The molecule has 1 rings (SSSR count). The van der Waals surface area contributed by atoms with Gasteiger partial charge >= 0.3 is 5.97 Å². The number of esters is 1. The van der Waals surface area contributed by atoms with Crippen LogP contribution in [0.3, 0.4) is 0 Å². The maximum Gasteiger partial charge on any atom is 0.305 e. The fourth-order valence-corrected chi connectivity index (χ4v) is 4.93. The molecule has 0 amide bonds. The van der Waals surface area contributed by atoms with Crippen LogP contribution >= 0.6 is 0 Å². The molecule has 0 N–H and O–H groups in total. The van der Waals surface area contributed by atoms with Gasteiger partial charge in [-0.1, -0.05) is 43.9 Å². The van der Waals surface area contributed by atoms with Gasteiger partial charge in [0.2, 0.25) is 0 Å². The van der Waals surface area contributed by atoms with Crippen molar-refractivity contribution in [2.45, 2.75) is 50.8 Å². The summed E-state index contributed by atoms with van der Waals surface area (Å²) in [7, 11) is -3.78. The summed E-state index contributed by atoms with van der Waals surface area (Å²) in [6, 6.07) is 6.47. The zero-order chi connectivity index (χ0) is 37.6. The van der Waals surface area contributed by atoms with Gasteiger partial charge in [0.05, 0.1) is 144 Å². The van der Waals surface area contributed by atoms with E-state index in [1.165, 1.54) is 12.1 Å². The second kappa shape index (κ2) is 36.2. The zero-order valence-corrected chi connectivity index (χ0v) is 32.2. The van der Waals surface area contributed by atoms with Gasteiger partial charge in [0, 0.05) is 6.42 Å². The largest absolute Gasteiger partial charge is 0.463 e. The Hall–Kier alpha value is -1.80. The summed E-state index contributed by atoms with van der Waals surface area (Å²) in [5.74, 6) is -0.160. The monoisotopic (exact) mass is 768 g/mol. The lowest BCUT2D eigenvalue weighted by Gasteiger charge is -2.09. The second-order valence-electron chi connectivity index (χ2n) is 11.2. The summed E-state index contributed by atoms with van der Waals surface area (Å²) in [6.07, 6.45) is 4.72. The molecule has 15 nitrogen and oxygen atoms in total. The van der Waals surface area contributed by atoms with Gasteiger partial charge < -0.3 is 52.1 Å². The molecule has 52 heavy (non-hydrogen) atoms. The quantitative estimate of drug-likeness (QED) is 0.0543. The predicted octanol–water partition coefficient (Wildman–Crippen LogP) is 3.38. The van der Waals surface area contributed by atoms with Crippen LogP contribution in [0.2, 0.25) is 0 Å². The van der Waals surface area contributed by atoms with Crippen LogP contribution in [0.5, 0.6) is 0 Å². The third kappa shape index (κ3) is 31.7. The van der Waals surface area contributed by atoms with E-state index >= 15 is 0 Å². The summed E-state index contributed by atoms with van der Waals surface area (Å²) in [4.78, 5) is 11.7. The number of unbranched alkanes of at least 4 members (excludes halogenated alkanes) is 3. The standard InChI is InChI=1S/C36H64O15S/c1-3-4-5-6-7-36(37)50-32-30-48-28-26-46-24-22-44-20-18-42-16-14-40-12-13-41-15-17-43-19-21-45-23-25-47-27-29-49-31-33-51-52(38,39)35-10-8-34(2)9-11-35/h8-11H,3-7,12-33H2,1-2H3. The van der Waals surface area contributed by atoms with E-state index in [2.05, 4.69) is 6.92 Å². The summed E-state index contributed by atoms with van der Waals surface area (Å²) in [5.41, 5.74) is 0.973. The normalized spacial score (nSPS) is 11.7. The van der Waals surface area contributed by atoms with Crippen molar-refractivity contribution in [3.05, 3.63) is 29.8 Å².